The molecule has 0 atom stereocenters. The quantitative estimate of drug-likeness (QED) is 0.641. The molecule has 1 aromatic carbocycles. The lowest BCUT2D eigenvalue weighted by atomic mass is 9.98. The van der Waals surface area contributed by atoms with Crippen LogP contribution in [0.15, 0.2) is 24.3 Å². The van der Waals surface area contributed by atoms with Crippen LogP contribution in [-0.2, 0) is 4.79 Å². The fourth-order valence-electron chi connectivity index (χ4n) is 4.76. The van der Waals surface area contributed by atoms with Gasteiger partial charge in [-0.25, -0.2) is 4.79 Å². The lowest BCUT2D eigenvalue weighted by molar-refractivity contribution is -0.122. The van der Waals surface area contributed by atoms with Gasteiger partial charge in [-0.3, -0.25) is 9.69 Å². The van der Waals surface area contributed by atoms with Crippen LogP contribution in [-0.4, -0.2) is 42.5 Å². The number of amides is 3. The van der Waals surface area contributed by atoms with E-state index in [-0.39, 0.29) is 24.5 Å². The zero-order valence-electron chi connectivity index (χ0n) is 19.6. The summed E-state index contributed by atoms with van der Waals surface area (Å²) in [6, 6.07) is 8.40. The van der Waals surface area contributed by atoms with Crippen molar-refractivity contribution in [2.24, 2.45) is 0 Å². The highest BCUT2D eigenvalue weighted by atomic mass is 16.2. The van der Waals surface area contributed by atoms with Crippen LogP contribution in [0.2, 0.25) is 0 Å². The molecule has 0 aromatic heterocycles. The van der Waals surface area contributed by atoms with E-state index in [4.69, 9.17) is 0 Å². The number of carbonyl (C=O) groups excluding carboxylic acids is 2. The van der Waals surface area contributed by atoms with Gasteiger partial charge in [0.25, 0.3) is 0 Å². The highest BCUT2D eigenvalue weighted by molar-refractivity contribution is 5.96. The molecule has 1 aromatic rings. The number of benzene rings is 1. The summed E-state index contributed by atoms with van der Waals surface area (Å²) in [5.41, 5.74) is 2.18. The summed E-state index contributed by atoms with van der Waals surface area (Å²) < 4.78 is 0. The lowest BCUT2D eigenvalue weighted by Crippen LogP contribution is -2.43. The van der Waals surface area contributed by atoms with Crippen LogP contribution in [0.3, 0.4) is 0 Å². The van der Waals surface area contributed by atoms with Gasteiger partial charge in [0.15, 0.2) is 0 Å². The Hall–Kier alpha value is -2.04. The highest BCUT2D eigenvalue weighted by Crippen LogP contribution is 2.23. The molecule has 1 aliphatic carbocycles. The molecule has 1 saturated carbocycles. The fraction of sp³-hybridized carbons (Fsp3) is 0.692. The van der Waals surface area contributed by atoms with Crippen LogP contribution >= 0.6 is 0 Å². The molecule has 1 N–H and O–H groups in total. The predicted molar refractivity (Wildman–Crippen MR) is 128 cm³/mol. The molecule has 5 nitrogen and oxygen atoms in total. The van der Waals surface area contributed by atoms with Crippen LogP contribution in [0.1, 0.15) is 96.0 Å². The largest absolute Gasteiger partial charge is 0.352 e. The molecular formula is C26H41N3O2. The molecule has 3 rings (SSSR count). The van der Waals surface area contributed by atoms with Gasteiger partial charge in [-0.15, -0.1) is 0 Å². The number of urea groups is 1. The molecule has 1 saturated heterocycles. The summed E-state index contributed by atoms with van der Waals surface area (Å²) >= 11 is 0. The van der Waals surface area contributed by atoms with E-state index in [1.807, 2.05) is 12.1 Å². The van der Waals surface area contributed by atoms with Gasteiger partial charge in [0.05, 0.1) is 0 Å². The van der Waals surface area contributed by atoms with Crippen molar-refractivity contribution in [3.8, 4) is 0 Å². The molecule has 5 heteroatoms. The third-order valence-corrected chi connectivity index (χ3v) is 6.77. The predicted octanol–water partition coefficient (Wildman–Crippen LogP) is 5.84. The Morgan fingerprint density at radius 2 is 1.45 bits per heavy atom. The van der Waals surface area contributed by atoms with E-state index in [0.29, 0.717) is 19.0 Å². The first kappa shape index (κ1) is 23.6. The van der Waals surface area contributed by atoms with Crippen molar-refractivity contribution in [1.82, 2.24) is 10.2 Å². The van der Waals surface area contributed by atoms with E-state index in [1.165, 1.54) is 63.4 Å². The van der Waals surface area contributed by atoms with Crippen LogP contribution in [0.4, 0.5) is 10.5 Å². The van der Waals surface area contributed by atoms with Crippen LogP contribution in [0.25, 0.3) is 0 Å². The Morgan fingerprint density at radius 3 is 2.00 bits per heavy atom. The molecule has 1 aliphatic heterocycles. The number of nitrogens with one attached hydrogen (secondary N) is 1. The normalized spacial score (nSPS) is 19.9. The molecule has 3 amide bonds. The minimum atomic E-state index is -0.0638. The first-order valence-electron chi connectivity index (χ1n) is 12.5. The summed E-state index contributed by atoms with van der Waals surface area (Å²) in [4.78, 5) is 29.1. The Kier molecular flexibility index (Phi) is 9.23. The van der Waals surface area contributed by atoms with E-state index >= 15 is 0 Å². The SMILES string of the molecule is CC(C)c1ccc(N2CCN(CC(=O)NC3CCCCCCCCCCC3)C2=O)cc1. The third-order valence-electron chi connectivity index (χ3n) is 6.77. The van der Waals surface area contributed by atoms with Crippen LogP contribution in [0.5, 0.6) is 0 Å². The minimum Gasteiger partial charge on any atom is -0.352 e. The summed E-state index contributed by atoms with van der Waals surface area (Å²) in [7, 11) is 0. The van der Waals surface area contributed by atoms with E-state index < -0.39 is 0 Å². The lowest BCUT2D eigenvalue weighted by Gasteiger charge is -2.22. The van der Waals surface area contributed by atoms with E-state index in [1.54, 1.807) is 9.80 Å². The second kappa shape index (κ2) is 12.1. The number of carbonyl (C=O) groups is 2. The van der Waals surface area contributed by atoms with Crippen molar-refractivity contribution in [2.75, 3.05) is 24.5 Å². The van der Waals surface area contributed by atoms with Gasteiger partial charge in [0, 0.05) is 24.8 Å². The first-order valence-corrected chi connectivity index (χ1v) is 12.5. The molecule has 2 fully saturated rings. The maximum atomic E-state index is 12.9. The molecule has 0 radical (unpaired) electrons. The van der Waals surface area contributed by atoms with E-state index in [2.05, 4.69) is 31.3 Å². The van der Waals surface area contributed by atoms with Gasteiger partial charge in [0.1, 0.15) is 6.54 Å². The highest BCUT2D eigenvalue weighted by Gasteiger charge is 2.31. The average molecular weight is 428 g/mol. The number of anilines is 1. The molecule has 1 heterocycles. The van der Waals surface area contributed by atoms with Crippen LogP contribution in [0, 0.1) is 0 Å². The Bertz CT molecular complexity index is 689. The third kappa shape index (κ3) is 7.26. The summed E-state index contributed by atoms with van der Waals surface area (Å²) in [6.45, 7) is 5.73. The van der Waals surface area contributed by atoms with Gasteiger partial charge in [-0.1, -0.05) is 83.8 Å². The van der Waals surface area contributed by atoms with Gasteiger partial charge in [-0.05, 0) is 36.5 Å². The zero-order valence-corrected chi connectivity index (χ0v) is 19.6. The van der Waals surface area contributed by atoms with E-state index in [0.717, 1.165) is 18.5 Å². The maximum absolute atomic E-state index is 12.9. The zero-order chi connectivity index (χ0) is 22.1. The molecule has 0 bridgehead atoms. The average Bonchev–Trinajstić information content (AvgIpc) is 3.10. The van der Waals surface area contributed by atoms with Crippen molar-refractivity contribution < 1.29 is 9.59 Å². The summed E-state index contributed by atoms with van der Waals surface area (Å²) in [5, 5.41) is 3.24. The van der Waals surface area contributed by atoms with Gasteiger partial charge in [-0.2, -0.15) is 0 Å². The number of hydrogen-bond acceptors (Lipinski definition) is 2. The van der Waals surface area contributed by atoms with Crippen molar-refractivity contribution >= 4 is 17.6 Å². The summed E-state index contributed by atoms with van der Waals surface area (Å²) in [6.07, 6.45) is 13.7. The van der Waals surface area contributed by atoms with E-state index in [9.17, 15) is 9.59 Å². The molecule has 2 aliphatic rings. The van der Waals surface area contributed by atoms with Crippen LogP contribution < -0.4 is 10.2 Å². The number of rotatable bonds is 5. The Labute approximate surface area is 188 Å². The van der Waals surface area contributed by atoms with Gasteiger partial charge < -0.3 is 10.2 Å². The second-order valence-electron chi connectivity index (χ2n) is 9.63. The monoisotopic (exact) mass is 427 g/mol. The van der Waals surface area contributed by atoms with Crippen molar-refractivity contribution in [1.29, 1.82) is 0 Å². The second-order valence-corrected chi connectivity index (χ2v) is 9.63. The molecule has 0 unspecified atom stereocenters. The topological polar surface area (TPSA) is 52.6 Å². The molecule has 172 valence electrons. The minimum absolute atomic E-state index is 0.0116. The Morgan fingerprint density at radius 1 is 0.903 bits per heavy atom. The molecule has 0 spiro atoms. The van der Waals surface area contributed by atoms with Crippen molar-refractivity contribution in [3.63, 3.8) is 0 Å². The molecule has 31 heavy (non-hydrogen) atoms. The Balaban J connectivity index is 1.49. The molecular weight excluding hydrogens is 386 g/mol. The number of nitrogens with zero attached hydrogens (tertiary/aromatic N) is 2. The summed E-state index contributed by atoms with van der Waals surface area (Å²) in [5.74, 6) is 0.460. The van der Waals surface area contributed by atoms with Gasteiger partial charge >= 0.3 is 6.03 Å². The van der Waals surface area contributed by atoms with Crippen molar-refractivity contribution in [3.05, 3.63) is 29.8 Å². The number of hydrogen-bond donors (Lipinski definition) is 1. The first-order chi connectivity index (χ1) is 15.0. The smallest absolute Gasteiger partial charge is 0.325 e. The standard InChI is InChI=1S/C26H41N3O2/c1-21(2)22-14-16-24(17-15-22)29-19-18-28(26(29)31)20-25(30)27-23-12-10-8-6-4-3-5-7-9-11-13-23/h14-17,21,23H,3-13,18-20H2,1-2H3,(H,27,30). The van der Waals surface area contributed by atoms with Crippen molar-refractivity contribution in [2.45, 2.75) is 96.4 Å². The van der Waals surface area contributed by atoms with Gasteiger partial charge in [0.2, 0.25) is 5.91 Å². The fourth-order valence-corrected chi connectivity index (χ4v) is 4.76. The maximum Gasteiger partial charge on any atom is 0.325 e.